The van der Waals surface area contributed by atoms with Crippen molar-refractivity contribution in [3.8, 4) is 11.5 Å². The topological polar surface area (TPSA) is 31.2 Å². The summed E-state index contributed by atoms with van der Waals surface area (Å²) in [6, 6.07) is 11.8. The van der Waals surface area contributed by atoms with Crippen molar-refractivity contribution in [1.82, 2.24) is 4.57 Å². The number of carbonyl (C=O) groups excluding carboxylic acids is 1. The summed E-state index contributed by atoms with van der Waals surface area (Å²) in [5.41, 5.74) is 1.41. The molecule has 4 heteroatoms. The Kier molecular flexibility index (Phi) is 3.22. The van der Waals surface area contributed by atoms with Crippen LogP contribution in [0.25, 0.3) is 10.9 Å². The summed E-state index contributed by atoms with van der Waals surface area (Å²) >= 11 is 0. The number of hydrogen-bond donors (Lipinski definition) is 0. The van der Waals surface area contributed by atoms with Crippen molar-refractivity contribution < 1.29 is 13.9 Å². The molecule has 3 nitrogen and oxygen atoms in total. The van der Waals surface area contributed by atoms with Crippen molar-refractivity contribution in [3.63, 3.8) is 0 Å². The minimum atomic E-state index is -0.546. The summed E-state index contributed by atoms with van der Waals surface area (Å²) in [5, 5.41) is 1.02. The fourth-order valence-corrected chi connectivity index (χ4v) is 2.25. The summed E-state index contributed by atoms with van der Waals surface area (Å²) in [4.78, 5) is 11.2. The third kappa shape index (κ3) is 2.52. The lowest BCUT2D eigenvalue weighted by Crippen LogP contribution is -1.95. The number of Topliss-reactive ketones (excluding diaryl/α,β-unsaturated/α-hetero) is 1. The van der Waals surface area contributed by atoms with Gasteiger partial charge in [0.05, 0.1) is 0 Å². The van der Waals surface area contributed by atoms with Gasteiger partial charge in [0.2, 0.25) is 0 Å². The zero-order valence-corrected chi connectivity index (χ0v) is 11.8. The van der Waals surface area contributed by atoms with Gasteiger partial charge in [0, 0.05) is 29.7 Å². The highest BCUT2D eigenvalue weighted by Gasteiger charge is 2.09. The highest BCUT2D eigenvalue weighted by atomic mass is 19.1. The lowest BCUT2D eigenvalue weighted by Gasteiger charge is -2.08. The van der Waals surface area contributed by atoms with Crippen LogP contribution in [0, 0.1) is 5.82 Å². The minimum Gasteiger partial charge on any atom is -0.454 e. The molecule has 0 spiro atoms. The van der Waals surface area contributed by atoms with Gasteiger partial charge in [0.15, 0.2) is 17.3 Å². The van der Waals surface area contributed by atoms with Crippen molar-refractivity contribution in [2.24, 2.45) is 7.05 Å². The van der Waals surface area contributed by atoms with Gasteiger partial charge < -0.3 is 9.30 Å². The van der Waals surface area contributed by atoms with Crippen LogP contribution >= 0.6 is 0 Å². The van der Waals surface area contributed by atoms with Crippen molar-refractivity contribution in [1.29, 1.82) is 0 Å². The Morgan fingerprint density at radius 2 is 1.95 bits per heavy atom. The molecule has 21 heavy (non-hydrogen) atoms. The average Bonchev–Trinajstić information content (AvgIpc) is 2.82. The molecule has 0 atom stereocenters. The van der Waals surface area contributed by atoms with Gasteiger partial charge in [-0.3, -0.25) is 4.79 Å². The predicted octanol–water partition coefficient (Wildman–Crippen LogP) is 4.31. The summed E-state index contributed by atoms with van der Waals surface area (Å²) in [6.45, 7) is 1.40. The normalized spacial score (nSPS) is 10.8. The first-order valence-electron chi connectivity index (χ1n) is 6.58. The van der Waals surface area contributed by atoms with Crippen LogP contribution in [0.3, 0.4) is 0 Å². The Labute approximate surface area is 121 Å². The Morgan fingerprint density at radius 3 is 2.67 bits per heavy atom. The first kappa shape index (κ1) is 13.4. The predicted molar refractivity (Wildman–Crippen MR) is 79.4 cm³/mol. The number of fused-ring (bicyclic) bond motifs is 1. The third-order valence-electron chi connectivity index (χ3n) is 3.42. The van der Waals surface area contributed by atoms with E-state index in [-0.39, 0.29) is 11.5 Å². The van der Waals surface area contributed by atoms with Gasteiger partial charge in [-0.05, 0) is 49.4 Å². The highest BCUT2D eigenvalue weighted by Crippen LogP contribution is 2.28. The summed E-state index contributed by atoms with van der Waals surface area (Å²) in [7, 11) is 1.96. The number of hydrogen-bond acceptors (Lipinski definition) is 2. The van der Waals surface area contributed by atoms with Crippen molar-refractivity contribution in [2.75, 3.05) is 0 Å². The van der Waals surface area contributed by atoms with E-state index in [0.29, 0.717) is 11.3 Å². The number of benzene rings is 2. The van der Waals surface area contributed by atoms with E-state index in [0.717, 1.165) is 10.9 Å². The number of rotatable bonds is 3. The number of nitrogens with zero attached hydrogens (tertiary/aromatic N) is 1. The van der Waals surface area contributed by atoms with Gasteiger partial charge in [0.25, 0.3) is 0 Å². The fourth-order valence-electron chi connectivity index (χ4n) is 2.25. The zero-order valence-electron chi connectivity index (χ0n) is 11.8. The average molecular weight is 283 g/mol. The van der Waals surface area contributed by atoms with E-state index >= 15 is 0 Å². The molecule has 0 amide bonds. The van der Waals surface area contributed by atoms with E-state index < -0.39 is 5.82 Å². The molecule has 1 heterocycles. The number of halogens is 1. The van der Waals surface area contributed by atoms with E-state index in [1.54, 1.807) is 12.1 Å². The number of aromatic nitrogens is 1. The first-order chi connectivity index (χ1) is 10.0. The molecule has 2 aromatic carbocycles. The van der Waals surface area contributed by atoms with Gasteiger partial charge in [-0.2, -0.15) is 0 Å². The molecule has 0 bridgehead atoms. The Balaban J connectivity index is 1.92. The van der Waals surface area contributed by atoms with Crippen molar-refractivity contribution in [2.45, 2.75) is 6.92 Å². The maximum absolute atomic E-state index is 13.9. The van der Waals surface area contributed by atoms with Gasteiger partial charge >= 0.3 is 0 Å². The van der Waals surface area contributed by atoms with E-state index in [4.69, 9.17) is 4.74 Å². The standard InChI is InChI=1S/C17H14FNO2/c1-11(20)12-3-6-17(15(18)10-12)21-14-4-5-16-13(9-14)7-8-19(16)2/h3-10H,1-2H3. The number of ketones is 1. The molecule has 0 aliphatic heterocycles. The SMILES string of the molecule is CC(=O)c1ccc(Oc2ccc3c(ccn3C)c2)c(F)c1. The summed E-state index contributed by atoms with van der Waals surface area (Å²) in [6.07, 6.45) is 1.96. The zero-order chi connectivity index (χ0) is 15.0. The van der Waals surface area contributed by atoms with E-state index in [1.165, 1.54) is 19.1 Å². The van der Waals surface area contributed by atoms with Gasteiger partial charge in [0.1, 0.15) is 5.75 Å². The smallest absolute Gasteiger partial charge is 0.166 e. The van der Waals surface area contributed by atoms with Gasteiger partial charge in [-0.15, -0.1) is 0 Å². The van der Waals surface area contributed by atoms with Crippen LogP contribution in [0.5, 0.6) is 11.5 Å². The number of carbonyl (C=O) groups is 1. The van der Waals surface area contributed by atoms with Crippen LogP contribution in [0.1, 0.15) is 17.3 Å². The molecule has 0 aliphatic rings. The molecule has 0 N–H and O–H groups in total. The quantitative estimate of drug-likeness (QED) is 0.671. The van der Waals surface area contributed by atoms with Crippen LogP contribution < -0.4 is 4.74 Å². The van der Waals surface area contributed by atoms with E-state index in [1.807, 2.05) is 36.0 Å². The Hall–Kier alpha value is -2.62. The largest absolute Gasteiger partial charge is 0.454 e. The summed E-state index contributed by atoms with van der Waals surface area (Å²) in [5.74, 6) is -0.0551. The fraction of sp³-hybridized carbons (Fsp3) is 0.118. The van der Waals surface area contributed by atoms with Crippen LogP contribution in [0.4, 0.5) is 4.39 Å². The lowest BCUT2D eigenvalue weighted by molar-refractivity contribution is 0.101. The second-order valence-electron chi connectivity index (χ2n) is 4.95. The molecule has 106 valence electrons. The molecule has 1 aromatic heterocycles. The molecule has 0 saturated carbocycles. The Morgan fingerprint density at radius 1 is 1.14 bits per heavy atom. The molecular weight excluding hydrogens is 269 g/mol. The van der Waals surface area contributed by atoms with E-state index in [9.17, 15) is 9.18 Å². The highest BCUT2D eigenvalue weighted by molar-refractivity contribution is 5.94. The van der Waals surface area contributed by atoms with Gasteiger partial charge in [-0.25, -0.2) is 4.39 Å². The molecule has 0 fully saturated rings. The molecule has 3 rings (SSSR count). The maximum atomic E-state index is 13.9. The molecule has 0 aliphatic carbocycles. The molecule has 0 unspecified atom stereocenters. The molecule has 0 saturated heterocycles. The molecule has 0 radical (unpaired) electrons. The minimum absolute atomic E-state index is 0.107. The Bertz CT molecular complexity index is 836. The monoisotopic (exact) mass is 283 g/mol. The molecule has 3 aromatic rings. The summed E-state index contributed by atoms with van der Waals surface area (Å²) < 4.78 is 21.5. The van der Waals surface area contributed by atoms with E-state index in [2.05, 4.69) is 0 Å². The molecular formula is C17H14FNO2. The second kappa shape index (κ2) is 5.05. The third-order valence-corrected chi connectivity index (χ3v) is 3.42. The van der Waals surface area contributed by atoms with Crippen molar-refractivity contribution in [3.05, 3.63) is 60.0 Å². The number of aryl methyl sites for hydroxylation is 1. The van der Waals surface area contributed by atoms with Crippen LogP contribution in [-0.2, 0) is 7.05 Å². The second-order valence-corrected chi connectivity index (χ2v) is 4.95. The maximum Gasteiger partial charge on any atom is 0.166 e. The van der Waals surface area contributed by atoms with Gasteiger partial charge in [-0.1, -0.05) is 0 Å². The van der Waals surface area contributed by atoms with Crippen LogP contribution in [0.15, 0.2) is 48.7 Å². The van der Waals surface area contributed by atoms with Crippen molar-refractivity contribution >= 4 is 16.7 Å². The van der Waals surface area contributed by atoms with Crippen LogP contribution in [0.2, 0.25) is 0 Å². The lowest BCUT2D eigenvalue weighted by atomic mass is 10.1. The first-order valence-corrected chi connectivity index (χ1v) is 6.58. The van der Waals surface area contributed by atoms with Crippen LogP contribution in [-0.4, -0.2) is 10.4 Å². The number of ether oxygens (including phenoxy) is 1.